The molecule has 2 N–H and O–H groups in total. The highest BCUT2D eigenvalue weighted by atomic mass is 35.5. The van der Waals surface area contributed by atoms with Gasteiger partial charge < -0.3 is 15.5 Å². The zero-order valence-electron chi connectivity index (χ0n) is 12.9. The van der Waals surface area contributed by atoms with Gasteiger partial charge in [-0.25, -0.2) is 0 Å². The van der Waals surface area contributed by atoms with Gasteiger partial charge in [-0.15, -0.1) is 12.4 Å². The molecule has 20 heavy (non-hydrogen) atoms. The standard InChI is InChI=1S/C15H29N3O.ClH/c1-12(17-13(2)19)15-5-8-18(9-6-15)11-14-4-3-7-16-10-14;/h12,14-16H,3-11H2,1-2H3,(H,17,19);1H. The summed E-state index contributed by atoms with van der Waals surface area (Å²) < 4.78 is 0. The average Bonchev–Trinajstić information content (AvgIpc) is 2.40. The first kappa shape index (κ1) is 17.7. The molecule has 0 aromatic heterocycles. The molecule has 0 spiro atoms. The molecule has 2 aliphatic heterocycles. The number of rotatable bonds is 4. The van der Waals surface area contributed by atoms with Crippen molar-refractivity contribution >= 4 is 18.3 Å². The molecule has 2 heterocycles. The number of halogens is 1. The highest BCUT2D eigenvalue weighted by molar-refractivity contribution is 5.85. The van der Waals surface area contributed by atoms with Crippen LogP contribution in [-0.4, -0.2) is 49.6 Å². The van der Waals surface area contributed by atoms with E-state index in [2.05, 4.69) is 22.5 Å². The number of nitrogens with zero attached hydrogens (tertiary/aromatic N) is 1. The van der Waals surface area contributed by atoms with E-state index in [9.17, 15) is 4.79 Å². The highest BCUT2D eigenvalue weighted by Crippen LogP contribution is 2.22. The third kappa shape index (κ3) is 5.58. The summed E-state index contributed by atoms with van der Waals surface area (Å²) in [7, 11) is 0. The second-order valence-electron chi connectivity index (χ2n) is 6.34. The molecule has 0 aromatic rings. The number of piperidine rings is 2. The summed E-state index contributed by atoms with van der Waals surface area (Å²) in [4.78, 5) is 13.7. The third-order valence-electron chi connectivity index (χ3n) is 4.69. The molecule has 2 rings (SSSR count). The first-order valence-electron chi connectivity index (χ1n) is 7.85. The van der Waals surface area contributed by atoms with E-state index in [0.29, 0.717) is 12.0 Å². The van der Waals surface area contributed by atoms with E-state index in [-0.39, 0.29) is 18.3 Å². The topological polar surface area (TPSA) is 44.4 Å². The van der Waals surface area contributed by atoms with Crippen molar-refractivity contribution in [3.05, 3.63) is 0 Å². The Balaban J connectivity index is 0.00000200. The zero-order valence-corrected chi connectivity index (χ0v) is 13.7. The van der Waals surface area contributed by atoms with Crippen molar-refractivity contribution in [3.63, 3.8) is 0 Å². The van der Waals surface area contributed by atoms with E-state index in [1.54, 1.807) is 6.92 Å². The number of carbonyl (C=O) groups excluding carboxylic acids is 1. The van der Waals surface area contributed by atoms with Crippen LogP contribution in [0.1, 0.15) is 39.5 Å². The van der Waals surface area contributed by atoms with Crippen LogP contribution in [-0.2, 0) is 4.79 Å². The van der Waals surface area contributed by atoms with Gasteiger partial charge in [0.05, 0.1) is 0 Å². The Kier molecular flexibility index (Phi) is 7.85. The lowest BCUT2D eigenvalue weighted by molar-refractivity contribution is -0.120. The van der Waals surface area contributed by atoms with E-state index in [1.807, 2.05) is 0 Å². The normalized spacial score (nSPS) is 26.6. The lowest BCUT2D eigenvalue weighted by Crippen LogP contribution is -2.45. The van der Waals surface area contributed by atoms with E-state index >= 15 is 0 Å². The largest absolute Gasteiger partial charge is 0.354 e. The SMILES string of the molecule is CC(=O)NC(C)C1CCN(CC2CCCNC2)CC1.Cl. The van der Waals surface area contributed by atoms with Crippen molar-refractivity contribution in [2.75, 3.05) is 32.7 Å². The Labute approximate surface area is 129 Å². The Hall–Kier alpha value is -0.320. The number of hydrogen-bond donors (Lipinski definition) is 2. The number of carbonyl (C=O) groups is 1. The van der Waals surface area contributed by atoms with E-state index in [0.717, 1.165) is 5.92 Å². The fourth-order valence-corrected chi connectivity index (χ4v) is 3.52. The molecule has 0 radical (unpaired) electrons. The molecule has 5 heteroatoms. The first-order chi connectivity index (χ1) is 9.15. The summed E-state index contributed by atoms with van der Waals surface area (Å²) in [5, 5.41) is 6.54. The van der Waals surface area contributed by atoms with Crippen LogP contribution in [0.25, 0.3) is 0 Å². The Morgan fingerprint density at radius 2 is 2.05 bits per heavy atom. The molecule has 0 aromatic carbocycles. The van der Waals surface area contributed by atoms with Gasteiger partial charge >= 0.3 is 0 Å². The fraction of sp³-hybridized carbons (Fsp3) is 0.933. The Bertz CT molecular complexity index is 287. The van der Waals surface area contributed by atoms with Crippen molar-refractivity contribution in [3.8, 4) is 0 Å². The molecule has 2 fully saturated rings. The smallest absolute Gasteiger partial charge is 0.217 e. The van der Waals surface area contributed by atoms with Crippen molar-refractivity contribution in [2.45, 2.75) is 45.6 Å². The molecule has 0 saturated carbocycles. The van der Waals surface area contributed by atoms with Gasteiger partial charge in [0.1, 0.15) is 0 Å². The Morgan fingerprint density at radius 1 is 1.35 bits per heavy atom. The first-order valence-corrected chi connectivity index (χ1v) is 7.85. The predicted octanol–water partition coefficient (Wildman–Crippen LogP) is 1.64. The van der Waals surface area contributed by atoms with Crippen LogP contribution in [0.4, 0.5) is 0 Å². The number of amides is 1. The summed E-state index contributed by atoms with van der Waals surface area (Å²) in [6.07, 6.45) is 5.17. The maximum Gasteiger partial charge on any atom is 0.217 e. The van der Waals surface area contributed by atoms with Gasteiger partial charge in [-0.1, -0.05) is 0 Å². The fourth-order valence-electron chi connectivity index (χ4n) is 3.52. The molecule has 2 aliphatic rings. The molecule has 0 bridgehead atoms. The van der Waals surface area contributed by atoms with Crippen LogP contribution in [0.5, 0.6) is 0 Å². The van der Waals surface area contributed by atoms with Crippen LogP contribution >= 0.6 is 12.4 Å². The third-order valence-corrected chi connectivity index (χ3v) is 4.69. The van der Waals surface area contributed by atoms with Crippen LogP contribution in [0.3, 0.4) is 0 Å². The monoisotopic (exact) mass is 303 g/mol. The summed E-state index contributed by atoms with van der Waals surface area (Å²) in [6.45, 7) is 9.81. The quantitative estimate of drug-likeness (QED) is 0.830. The summed E-state index contributed by atoms with van der Waals surface area (Å²) in [6, 6.07) is 0.330. The van der Waals surface area contributed by atoms with Crippen LogP contribution in [0, 0.1) is 11.8 Å². The number of likely N-dealkylation sites (tertiary alicyclic amines) is 1. The summed E-state index contributed by atoms with van der Waals surface area (Å²) in [5.41, 5.74) is 0. The highest BCUT2D eigenvalue weighted by Gasteiger charge is 2.26. The molecule has 0 aliphatic carbocycles. The van der Waals surface area contributed by atoms with Gasteiger partial charge in [-0.3, -0.25) is 4.79 Å². The molecule has 2 saturated heterocycles. The van der Waals surface area contributed by atoms with Crippen molar-refractivity contribution in [1.82, 2.24) is 15.5 Å². The van der Waals surface area contributed by atoms with Crippen molar-refractivity contribution in [1.29, 1.82) is 0 Å². The van der Waals surface area contributed by atoms with Gasteiger partial charge in [0.25, 0.3) is 0 Å². The van der Waals surface area contributed by atoms with Crippen LogP contribution in [0.2, 0.25) is 0 Å². The van der Waals surface area contributed by atoms with Crippen LogP contribution in [0.15, 0.2) is 0 Å². The summed E-state index contributed by atoms with van der Waals surface area (Å²) >= 11 is 0. The minimum absolute atomic E-state index is 0. The van der Waals surface area contributed by atoms with Crippen molar-refractivity contribution in [2.24, 2.45) is 11.8 Å². The average molecular weight is 304 g/mol. The lowest BCUT2D eigenvalue weighted by Gasteiger charge is -2.37. The molecular formula is C15H30ClN3O. The molecule has 1 amide bonds. The molecule has 2 unspecified atom stereocenters. The Morgan fingerprint density at radius 3 is 2.60 bits per heavy atom. The van der Waals surface area contributed by atoms with Gasteiger partial charge in [-0.05, 0) is 70.6 Å². The molecule has 2 atom stereocenters. The second kappa shape index (κ2) is 8.85. The van der Waals surface area contributed by atoms with Gasteiger partial charge in [0.15, 0.2) is 0 Å². The van der Waals surface area contributed by atoms with Crippen LogP contribution < -0.4 is 10.6 Å². The molecule has 4 nitrogen and oxygen atoms in total. The number of nitrogens with one attached hydrogen (secondary N) is 2. The molecular weight excluding hydrogens is 274 g/mol. The van der Waals surface area contributed by atoms with E-state index in [1.165, 1.54) is 58.4 Å². The van der Waals surface area contributed by atoms with Gasteiger partial charge in [0, 0.05) is 19.5 Å². The summed E-state index contributed by atoms with van der Waals surface area (Å²) in [5.74, 6) is 1.60. The molecule has 118 valence electrons. The van der Waals surface area contributed by atoms with E-state index < -0.39 is 0 Å². The lowest BCUT2D eigenvalue weighted by atomic mass is 9.89. The number of hydrogen-bond acceptors (Lipinski definition) is 3. The van der Waals surface area contributed by atoms with E-state index in [4.69, 9.17) is 0 Å². The maximum atomic E-state index is 11.1. The minimum Gasteiger partial charge on any atom is -0.354 e. The van der Waals surface area contributed by atoms with Gasteiger partial charge in [-0.2, -0.15) is 0 Å². The maximum absolute atomic E-state index is 11.1. The van der Waals surface area contributed by atoms with Crippen molar-refractivity contribution < 1.29 is 4.79 Å². The minimum atomic E-state index is 0. The predicted molar refractivity (Wildman–Crippen MR) is 85.3 cm³/mol. The second-order valence-corrected chi connectivity index (χ2v) is 6.34. The van der Waals surface area contributed by atoms with Gasteiger partial charge in [0.2, 0.25) is 5.91 Å². The zero-order chi connectivity index (χ0) is 13.7.